The molecule has 1 aliphatic heterocycles. The average Bonchev–Trinajstić information content (AvgIpc) is 2.76. The van der Waals surface area contributed by atoms with Crippen LogP contribution in [0.5, 0.6) is 0 Å². The van der Waals surface area contributed by atoms with Crippen LogP contribution in [-0.4, -0.2) is 30.4 Å². The standard InChI is InChI=1S/C13H15N3O/c1-16-8-2-3-12(16)13(17)15-11-6-4-10(9-14)5-7-11/h4-7,12H,2-3,8H2,1H3,(H,15,17). The van der Waals surface area contributed by atoms with Gasteiger partial charge in [0.2, 0.25) is 5.91 Å². The predicted molar refractivity (Wildman–Crippen MR) is 65.4 cm³/mol. The first kappa shape index (κ1) is 11.6. The van der Waals surface area contributed by atoms with E-state index in [1.54, 1.807) is 24.3 Å². The minimum Gasteiger partial charge on any atom is -0.325 e. The van der Waals surface area contributed by atoms with Crippen molar-refractivity contribution in [1.82, 2.24) is 4.90 Å². The van der Waals surface area contributed by atoms with E-state index >= 15 is 0 Å². The Kier molecular flexibility index (Phi) is 3.40. The van der Waals surface area contributed by atoms with Crippen LogP contribution in [0.25, 0.3) is 0 Å². The van der Waals surface area contributed by atoms with E-state index in [9.17, 15) is 4.79 Å². The molecule has 1 aromatic carbocycles. The van der Waals surface area contributed by atoms with E-state index < -0.39 is 0 Å². The second-order valence-corrected chi connectivity index (χ2v) is 4.32. The van der Waals surface area contributed by atoms with Gasteiger partial charge in [0.15, 0.2) is 0 Å². The fourth-order valence-corrected chi connectivity index (χ4v) is 2.10. The maximum absolute atomic E-state index is 12.0. The Morgan fingerprint density at radius 1 is 1.47 bits per heavy atom. The third kappa shape index (κ3) is 2.63. The summed E-state index contributed by atoms with van der Waals surface area (Å²) >= 11 is 0. The first-order valence-electron chi connectivity index (χ1n) is 5.72. The Balaban J connectivity index is 2.00. The molecule has 0 aromatic heterocycles. The highest BCUT2D eigenvalue weighted by Gasteiger charge is 2.27. The van der Waals surface area contributed by atoms with E-state index in [2.05, 4.69) is 10.2 Å². The van der Waals surface area contributed by atoms with Crippen LogP contribution in [0.2, 0.25) is 0 Å². The molecule has 1 aromatic rings. The van der Waals surface area contributed by atoms with Gasteiger partial charge in [0, 0.05) is 5.69 Å². The van der Waals surface area contributed by atoms with Crippen LogP contribution in [0.4, 0.5) is 5.69 Å². The number of nitriles is 1. The number of nitrogens with zero attached hydrogens (tertiary/aromatic N) is 2. The molecule has 1 atom stereocenters. The topological polar surface area (TPSA) is 56.1 Å². The van der Waals surface area contributed by atoms with Crippen LogP contribution < -0.4 is 5.32 Å². The number of hydrogen-bond donors (Lipinski definition) is 1. The lowest BCUT2D eigenvalue weighted by Crippen LogP contribution is -2.37. The third-order valence-corrected chi connectivity index (χ3v) is 3.10. The summed E-state index contributed by atoms with van der Waals surface area (Å²) in [6, 6.07) is 8.94. The SMILES string of the molecule is CN1CCCC1C(=O)Nc1ccc(C#N)cc1. The normalized spacial score (nSPS) is 19.9. The number of rotatable bonds is 2. The van der Waals surface area contributed by atoms with Crippen molar-refractivity contribution in [2.75, 3.05) is 18.9 Å². The summed E-state index contributed by atoms with van der Waals surface area (Å²) in [6.45, 7) is 0.978. The molecule has 2 rings (SSSR count). The van der Waals surface area contributed by atoms with Gasteiger partial charge < -0.3 is 5.32 Å². The molecular formula is C13H15N3O. The summed E-state index contributed by atoms with van der Waals surface area (Å²) < 4.78 is 0. The number of likely N-dealkylation sites (N-methyl/N-ethyl adjacent to an activating group) is 1. The minimum atomic E-state index is -0.0226. The van der Waals surface area contributed by atoms with Gasteiger partial charge in [-0.05, 0) is 50.7 Å². The molecular weight excluding hydrogens is 214 g/mol. The van der Waals surface area contributed by atoms with Gasteiger partial charge in [0.25, 0.3) is 0 Å². The lowest BCUT2D eigenvalue weighted by Gasteiger charge is -2.18. The molecule has 1 unspecified atom stereocenters. The monoisotopic (exact) mass is 229 g/mol. The molecule has 88 valence electrons. The number of amides is 1. The number of hydrogen-bond acceptors (Lipinski definition) is 3. The van der Waals surface area contributed by atoms with Crippen molar-refractivity contribution in [2.45, 2.75) is 18.9 Å². The quantitative estimate of drug-likeness (QED) is 0.837. The average molecular weight is 229 g/mol. The molecule has 4 heteroatoms. The second-order valence-electron chi connectivity index (χ2n) is 4.32. The van der Waals surface area contributed by atoms with Crippen LogP contribution in [0.3, 0.4) is 0 Å². The van der Waals surface area contributed by atoms with Crippen molar-refractivity contribution in [2.24, 2.45) is 0 Å². The molecule has 0 aliphatic carbocycles. The van der Waals surface area contributed by atoms with Crippen LogP contribution in [0.15, 0.2) is 24.3 Å². The zero-order chi connectivity index (χ0) is 12.3. The number of anilines is 1. The van der Waals surface area contributed by atoms with E-state index in [1.807, 2.05) is 13.1 Å². The van der Waals surface area contributed by atoms with Gasteiger partial charge in [0.1, 0.15) is 0 Å². The Bertz CT molecular complexity index is 447. The highest BCUT2D eigenvalue weighted by atomic mass is 16.2. The van der Waals surface area contributed by atoms with Crippen molar-refractivity contribution < 1.29 is 4.79 Å². The highest BCUT2D eigenvalue weighted by Crippen LogP contribution is 2.17. The molecule has 0 spiro atoms. The Morgan fingerprint density at radius 3 is 2.71 bits per heavy atom. The maximum Gasteiger partial charge on any atom is 0.241 e. The maximum atomic E-state index is 12.0. The Hall–Kier alpha value is -1.86. The Labute approximate surface area is 101 Å². The molecule has 17 heavy (non-hydrogen) atoms. The second kappa shape index (κ2) is 4.98. The lowest BCUT2D eigenvalue weighted by molar-refractivity contribution is -0.119. The van der Waals surface area contributed by atoms with E-state index in [4.69, 9.17) is 5.26 Å². The zero-order valence-electron chi connectivity index (χ0n) is 9.81. The van der Waals surface area contributed by atoms with Crippen molar-refractivity contribution in [3.63, 3.8) is 0 Å². The van der Waals surface area contributed by atoms with E-state index in [0.717, 1.165) is 25.1 Å². The molecule has 0 radical (unpaired) electrons. The van der Waals surface area contributed by atoms with Gasteiger partial charge >= 0.3 is 0 Å². The zero-order valence-corrected chi connectivity index (χ0v) is 9.81. The summed E-state index contributed by atoms with van der Waals surface area (Å²) in [6.07, 6.45) is 1.99. The fraction of sp³-hybridized carbons (Fsp3) is 0.385. The molecule has 1 amide bonds. The smallest absolute Gasteiger partial charge is 0.241 e. The first-order chi connectivity index (χ1) is 8.20. The van der Waals surface area contributed by atoms with Crippen molar-refractivity contribution >= 4 is 11.6 Å². The predicted octanol–water partition coefficient (Wildman–Crippen LogP) is 1.59. The van der Waals surface area contributed by atoms with Gasteiger partial charge in [-0.3, -0.25) is 9.69 Å². The van der Waals surface area contributed by atoms with Gasteiger partial charge in [0.05, 0.1) is 17.7 Å². The fourth-order valence-electron chi connectivity index (χ4n) is 2.10. The number of benzene rings is 1. The molecule has 0 bridgehead atoms. The lowest BCUT2D eigenvalue weighted by atomic mass is 10.2. The molecule has 1 aliphatic rings. The third-order valence-electron chi connectivity index (χ3n) is 3.10. The molecule has 1 heterocycles. The van der Waals surface area contributed by atoms with E-state index in [-0.39, 0.29) is 11.9 Å². The van der Waals surface area contributed by atoms with Crippen LogP contribution in [0, 0.1) is 11.3 Å². The van der Waals surface area contributed by atoms with Crippen molar-refractivity contribution in [3.8, 4) is 6.07 Å². The van der Waals surface area contributed by atoms with Crippen LogP contribution >= 0.6 is 0 Å². The van der Waals surface area contributed by atoms with E-state index in [0.29, 0.717) is 5.56 Å². The summed E-state index contributed by atoms with van der Waals surface area (Å²) in [5.74, 6) is 0.0368. The summed E-state index contributed by atoms with van der Waals surface area (Å²) in [4.78, 5) is 14.0. The van der Waals surface area contributed by atoms with E-state index in [1.165, 1.54) is 0 Å². The summed E-state index contributed by atoms with van der Waals surface area (Å²) in [5.41, 5.74) is 1.34. The largest absolute Gasteiger partial charge is 0.325 e. The molecule has 0 saturated carbocycles. The molecule has 1 N–H and O–H groups in total. The van der Waals surface area contributed by atoms with Gasteiger partial charge in [-0.2, -0.15) is 5.26 Å². The van der Waals surface area contributed by atoms with Crippen molar-refractivity contribution in [1.29, 1.82) is 5.26 Å². The van der Waals surface area contributed by atoms with Crippen molar-refractivity contribution in [3.05, 3.63) is 29.8 Å². The summed E-state index contributed by atoms with van der Waals surface area (Å²) in [7, 11) is 1.97. The summed E-state index contributed by atoms with van der Waals surface area (Å²) in [5, 5.41) is 11.5. The van der Waals surface area contributed by atoms with Crippen LogP contribution in [-0.2, 0) is 4.79 Å². The molecule has 4 nitrogen and oxygen atoms in total. The number of nitrogens with one attached hydrogen (secondary N) is 1. The van der Waals surface area contributed by atoms with Gasteiger partial charge in [-0.15, -0.1) is 0 Å². The number of carbonyl (C=O) groups excluding carboxylic acids is 1. The number of likely N-dealkylation sites (tertiary alicyclic amines) is 1. The highest BCUT2D eigenvalue weighted by molar-refractivity contribution is 5.95. The first-order valence-corrected chi connectivity index (χ1v) is 5.72. The molecule has 1 saturated heterocycles. The van der Waals surface area contributed by atoms with Gasteiger partial charge in [-0.25, -0.2) is 0 Å². The minimum absolute atomic E-state index is 0.0226. The molecule has 1 fully saturated rings. The van der Waals surface area contributed by atoms with Gasteiger partial charge in [-0.1, -0.05) is 0 Å². The number of carbonyl (C=O) groups is 1. The Morgan fingerprint density at radius 2 is 2.18 bits per heavy atom. The van der Waals surface area contributed by atoms with Crippen LogP contribution in [0.1, 0.15) is 18.4 Å².